The van der Waals surface area contributed by atoms with Crippen molar-refractivity contribution in [3.63, 3.8) is 0 Å². The molecular formula is C12H23NO2S2. The number of hydrogen-bond acceptors (Lipinski definition) is 4. The monoisotopic (exact) mass is 277 g/mol. The van der Waals surface area contributed by atoms with Gasteiger partial charge in [0.15, 0.2) is 9.84 Å². The third kappa shape index (κ3) is 4.14. The zero-order valence-corrected chi connectivity index (χ0v) is 12.2. The van der Waals surface area contributed by atoms with Crippen molar-refractivity contribution in [3.8, 4) is 0 Å². The molecule has 17 heavy (non-hydrogen) atoms. The molecule has 100 valence electrons. The first-order valence-corrected chi connectivity index (χ1v) is 9.54. The summed E-state index contributed by atoms with van der Waals surface area (Å²) in [5.74, 6) is 1.94. The highest BCUT2D eigenvalue weighted by atomic mass is 32.2. The van der Waals surface area contributed by atoms with Crippen LogP contribution in [0.3, 0.4) is 0 Å². The number of rotatable bonds is 4. The van der Waals surface area contributed by atoms with Crippen molar-refractivity contribution in [3.05, 3.63) is 0 Å². The normalized spacial score (nSPS) is 37.1. The van der Waals surface area contributed by atoms with E-state index in [9.17, 15) is 8.42 Å². The molecule has 3 unspecified atom stereocenters. The fourth-order valence-electron chi connectivity index (χ4n) is 2.97. The van der Waals surface area contributed by atoms with Crippen LogP contribution in [0.1, 0.15) is 39.0 Å². The maximum Gasteiger partial charge on any atom is 0.151 e. The Bertz CT molecular complexity index is 342. The number of nitrogens with one attached hydrogen (secondary N) is 1. The SMILES string of the molecule is CCSC1CCC(NC2CCCS(=O)(=O)C2)C1. The molecule has 0 amide bonds. The van der Waals surface area contributed by atoms with Gasteiger partial charge in [0.05, 0.1) is 11.5 Å². The minimum Gasteiger partial charge on any atom is -0.310 e. The highest BCUT2D eigenvalue weighted by Crippen LogP contribution is 2.30. The van der Waals surface area contributed by atoms with Gasteiger partial charge < -0.3 is 5.32 Å². The maximum absolute atomic E-state index is 11.6. The summed E-state index contributed by atoms with van der Waals surface area (Å²) in [5.41, 5.74) is 0. The lowest BCUT2D eigenvalue weighted by molar-refractivity contribution is 0.418. The van der Waals surface area contributed by atoms with Crippen LogP contribution in [0.5, 0.6) is 0 Å². The summed E-state index contributed by atoms with van der Waals surface area (Å²) in [7, 11) is -2.77. The Morgan fingerprint density at radius 1 is 1.24 bits per heavy atom. The quantitative estimate of drug-likeness (QED) is 0.851. The number of sulfone groups is 1. The van der Waals surface area contributed by atoms with Crippen LogP contribution in [0.4, 0.5) is 0 Å². The van der Waals surface area contributed by atoms with Crippen LogP contribution in [0.2, 0.25) is 0 Å². The van der Waals surface area contributed by atoms with Crippen LogP contribution < -0.4 is 5.32 Å². The van der Waals surface area contributed by atoms with Crippen LogP contribution >= 0.6 is 11.8 Å². The van der Waals surface area contributed by atoms with Gasteiger partial charge in [0.25, 0.3) is 0 Å². The predicted octanol–water partition coefficient (Wildman–Crippen LogP) is 1.83. The van der Waals surface area contributed by atoms with Gasteiger partial charge in [0.1, 0.15) is 0 Å². The predicted molar refractivity (Wildman–Crippen MR) is 74.4 cm³/mol. The first-order valence-electron chi connectivity index (χ1n) is 6.67. The Kier molecular flexibility index (Phi) is 4.78. The van der Waals surface area contributed by atoms with E-state index in [0.29, 0.717) is 17.5 Å². The maximum atomic E-state index is 11.6. The van der Waals surface area contributed by atoms with Gasteiger partial charge in [-0.15, -0.1) is 0 Å². The average Bonchev–Trinajstić information content (AvgIpc) is 2.64. The standard InChI is InChI=1S/C12H23NO2S2/c1-2-16-12-6-5-10(8-12)13-11-4-3-7-17(14,15)9-11/h10-13H,2-9H2,1H3. The van der Waals surface area contributed by atoms with Crippen molar-refractivity contribution in [2.75, 3.05) is 17.3 Å². The molecule has 1 aliphatic heterocycles. The molecule has 0 radical (unpaired) electrons. The molecule has 0 aromatic carbocycles. The van der Waals surface area contributed by atoms with Gasteiger partial charge in [-0.05, 0) is 37.9 Å². The summed E-state index contributed by atoms with van der Waals surface area (Å²) in [6, 6.07) is 0.765. The molecule has 2 aliphatic rings. The molecule has 0 bridgehead atoms. The first-order chi connectivity index (χ1) is 8.09. The van der Waals surface area contributed by atoms with Crippen molar-refractivity contribution in [2.24, 2.45) is 0 Å². The Labute approximate surface area is 109 Å². The lowest BCUT2D eigenvalue weighted by atomic mass is 10.1. The van der Waals surface area contributed by atoms with Crippen molar-refractivity contribution < 1.29 is 8.42 Å². The smallest absolute Gasteiger partial charge is 0.151 e. The molecule has 1 heterocycles. The van der Waals surface area contributed by atoms with E-state index in [0.717, 1.165) is 18.1 Å². The zero-order valence-electron chi connectivity index (χ0n) is 10.5. The van der Waals surface area contributed by atoms with E-state index in [1.807, 2.05) is 11.8 Å². The van der Waals surface area contributed by atoms with Crippen LogP contribution in [0, 0.1) is 0 Å². The van der Waals surface area contributed by atoms with Gasteiger partial charge in [-0.25, -0.2) is 8.42 Å². The highest BCUT2D eigenvalue weighted by molar-refractivity contribution is 7.99. The van der Waals surface area contributed by atoms with Crippen LogP contribution in [-0.2, 0) is 9.84 Å². The molecule has 1 saturated heterocycles. The number of thioether (sulfide) groups is 1. The lowest BCUT2D eigenvalue weighted by Crippen LogP contribution is -2.44. The van der Waals surface area contributed by atoms with Gasteiger partial charge in [-0.3, -0.25) is 0 Å². The third-order valence-corrected chi connectivity index (χ3v) is 6.78. The van der Waals surface area contributed by atoms with Gasteiger partial charge >= 0.3 is 0 Å². The van der Waals surface area contributed by atoms with E-state index in [1.165, 1.54) is 25.0 Å². The Morgan fingerprint density at radius 2 is 2.06 bits per heavy atom. The summed E-state index contributed by atoms with van der Waals surface area (Å²) in [6.45, 7) is 2.21. The highest BCUT2D eigenvalue weighted by Gasteiger charge is 2.30. The fraction of sp³-hybridized carbons (Fsp3) is 1.00. The second kappa shape index (κ2) is 5.93. The van der Waals surface area contributed by atoms with Gasteiger partial charge in [-0.1, -0.05) is 6.92 Å². The van der Waals surface area contributed by atoms with E-state index in [-0.39, 0.29) is 6.04 Å². The summed E-state index contributed by atoms with van der Waals surface area (Å²) in [4.78, 5) is 0. The molecule has 0 aromatic heterocycles. The molecule has 3 atom stereocenters. The molecule has 2 fully saturated rings. The fourth-order valence-corrected chi connectivity index (χ4v) is 5.76. The van der Waals surface area contributed by atoms with E-state index in [4.69, 9.17) is 0 Å². The molecule has 1 aliphatic carbocycles. The van der Waals surface area contributed by atoms with E-state index >= 15 is 0 Å². The minimum atomic E-state index is -2.77. The molecule has 1 N–H and O–H groups in total. The van der Waals surface area contributed by atoms with Gasteiger partial charge in [-0.2, -0.15) is 11.8 Å². The Morgan fingerprint density at radius 3 is 2.76 bits per heavy atom. The van der Waals surface area contributed by atoms with Gasteiger partial charge in [0.2, 0.25) is 0 Å². The summed E-state index contributed by atoms with van der Waals surface area (Å²) in [6.07, 6.45) is 5.58. The summed E-state index contributed by atoms with van der Waals surface area (Å²) >= 11 is 2.05. The van der Waals surface area contributed by atoms with E-state index in [1.54, 1.807) is 0 Å². The van der Waals surface area contributed by atoms with Crippen LogP contribution in [-0.4, -0.2) is 43.0 Å². The summed E-state index contributed by atoms with van der Waals surface area (Å²) in [5, 5.41) is 4.36. The van der Waals surface area contributed by atoms with Crippen molar-refractivity contribution in [1.29, 1.82) is 0 Å². The minimum absolute atomic E-state index is 0.212. The molecule has 0 aromatic rings. The van der Waals surface area contributed by atoms with E-state index < -0.39 is 9.84 Å². The number of hydrogen-bond donors (Lipinski definition) is 1. The Balaban J connectivity index is 1.78. The molecule has 5 heteroatoms. The van der Waals surface area contributed by atoms with E-state index in [2.05, 4.69) is 12.2 Å². The topological polar surface area (TPSA) is 46.2 Å². The second-order valence-electron chi connectivity index (χ2n) is 5.21. The molecule has 3 nitrogen and oxygen atoms in total. The second-order valence-corrected chi connectivity index (χ2v) is 9.01. The molecule has 1 saturated carbocycles. The molecule has 0 spiro atoms. The Hall–Kier alpha value is 0.260. The largest absolute Gasteiger partial charge is 0.310 e. The first kappa shape index (κ1) is 13.7. The van der Waals surface area contributed by atoms with Crippen molar-refractivity contribution in [1.82, 2.24) is 5.32 Å². The van der Waals surface area contributed by atoms with Crippen molar-refractivity contribution >= 4 is 21.6 Å². The third-order valence-electron chi connectivity index (χ3n) is 3.72. The van der Waals surface area contributed by atoms with Crippen LogP contribution in [0.15, 0.2) is 0 Å². The molecule has 2 rings (SSSR count). The lowest BCUT2D eigenvalue weighted by Gasteiger charge is -2.26. The average molecular weight is 277 g/mol. The summed E-state index contributed by atoms with van der Waals surface area (Å²) < 4.78 is 23.1. The van der Waals surface area contributed by atoms with Crippen molar-refractivity contribution in [2.45, 2.75) is 56.4 Å². The zero-order chi connectivity index (χ0) is 12.3. The van der Waals surface area contributed by atoms with Gasteiger partial charge in [0, 0.05) is 17.3 Å². The van der Waals surface area contributed by atoms with Crippen LogP contribution in [0.25, 0.3) is 0 Å². The molecular weight excluding hydrogens is 254 g/mol.